The van der Waals surface area contributed by atoms with Gasteiger partial charge >= 0.3 is 12.2 Å². The third-order valence-corrected chi connectivity index (χ3v) is 13.9. The van der Waals surface area contributed by atoms with Crippen molar-refractivity contribution in [1.82, 2.24) is 10.6 Å². The van der Waals surface area contributed by atoms with Crippen LogP contribution in [0.15, 0.2) is 0 Å². The Labute approximate surface area is 283 Å². The highest BCUT2D eigenvalue weighted by Gasteiger charge is 2.57. The minimum absolute atomic E-state index is 0.0236. The first-order valence-corrected chi connectivity index (χ1v) is 19.6. The molecule has 8 unspecified atom stereocenters. The molecule has 2 N–H and O–H groups in total. The zero-order valence-corrected chi connectivity index (χ0v) is 31.2. The zero-order valence-electron chi connectivity index (χ0n) is 31.2. The van der Waals surface area contributed by atoms with E-state index in [-0.39, 0.29) is 34.5 Å². The van der Waals surface area contributed by atoms with Crippen molar-refractivity contribution in [3.8, 4) is 0 Å². The van der Waals surface area contributed by atoms with E-state index in [0.29, 0.717) is 31.1 Å². The summed E-state index contributed by atoms with van der Waals surface area (Å²) in [6.07, 6.45) is 19.9. The van der Waals surface area contributed by atoms with Gasteiger partial charge in [0.2, 0.25) is 0 Å². The van der Waals surface area contributed by atoms with Gasteiger partial charge in [-0.1, -0.05) is 93.9 Å². The van der Waals surface area contributed by atoms with Gasteiger partial charge in [0.05, 0.1) is 13.2 Å². The van der Waals surface area contributed by atoms with Crippen LogP contribution < -0.4 is 10.6 Å². The van der Waals surface area contributed by atoms with E-state index in [2.05, 4.69) is 66.0 Å². The Morgan fingerprint density at radius 2 is 1.52 bits per heavy atom. The second kappa shape index (κ2) is 15.8. The fourth-order valence-corrected chi connectivity index (χ4v) is 10.6. The van der Waals surface area contributed by atoms with Crippen LogP contribution in [0.3, 0.4) is 0 Å². The first-order valence-electron chi connectivity index (χ1n) is 19.6. The number of alkyl carbamates (subject to hydrolysis) is 2. The Hall–Kier alpha value is -1.46. The number of ether oxygens (including phenoxy) is 2. The van der Waals surface area contributed by atoms with Gasteiger partial charge in [0.25, 0.3) is 0 Å². The molecule has 4 fully saturated rings. The van der Waals surface area contributed by atoms with E-state index >= 15 is 0 Å². The molecular weight excluding hydrogens is 572 g/mol. The quantitative estimate of drug-likeness (QED) is 0.196. The summed E-state index contributed by atoms with van der Waals surface area (Å²) in [6.45, 7) is 20.3. The molecule has 0 aromatic heterocycles. The molecule has 46 heavy (non-hydrogen) atoms. The molecule has 0 spiro atoms. The van der Waals surface area contributed by atoms with Crippen molar-refractivity contribution < 1.29 is 19.1 Å². The Morgan fingerprint density at radius 3 is 2.26 bits per heavy atom. The number of nitrogens with one attached hydrogen (secondary N) is 2. The molecule has 0 aromatic rings. The normalized spacial score (nSPS) is 37.1. The average molecular weight is 645 g/mol. The maximum absolute atomic E-state index is 13.4. The summed E-state index contributed by atoms with van der Waals surface area (Å²) in [5.41, 5.74) is 0.192. The highest BCUT2D eigenvalue weighted by atomic mass is 16.6. The van der Waals surface area contributed by atoms with Gasteiger partial charge in [-0.15, -0.1) is 0 Å². The summed E-state index contributed by atoms with van der Waals surface area (Å²) in [4.78, 5) is 25.9. The third-order valence-electron chi connectivity index (χ3n) is 13.9. The third kappa shape index (κ3) is 9.16. The minimum Gasteiger partial charge on any atom is -0.449 e. The fourth-order valence-electron chi connectivity index (χ4n) is 10.6. The van der Waals surface area contributed by atoms with Crippen LogP contribution in [0.1, 0.15) is 165 Å². The number of fused-ring (bicyclic) bond motifs is 3. The molecule has 0 saturated heterocycles. The lowest BCUT2D eigenvalue weighted by Gasteiger charge is -2.61. The van der Waals surface area contributed by atoms with E-state index < -0.39 is 0 Å². The van der Waals surface area contributed by atoms with Crippen LogP contribution in [-0.4, -0.2) is 38.0 Å². The highest BCUT2D eigenvalue weighted by Crippen LogP contribution is 2.64. The first-order chi connectivity index (χ1) is 21.7. The highest BCUT2D eigenvalue weighted by molar-refractivity contribution is 5.68. The Morgan fingerprint density at radius 1 is 0.804 bits per heavy atom. The second-order valence-electron chi connectivity index (χ2n) is 18.4. The summed E-state index contributed by atoms with van der Waals surface area (Å²) in [7, 11) is 0. The molecular formula is C40H72N2O4. The molecule has 8 atom stereocenters. The van der Waals surface area contributed by atoms with Crippen LogP contribution in [0.2, 0.25) is 0 Å². The monoisotopic (exact) mass is 645 g/mol. The van der Waals surface area contributed by atoms with Crippen molar-refractivity contribution in [2.75, 3.05) is 19.8 Å². The van der Waals surface area contributed by atoms with Crippen molar-refractivity contribution in [2.24, 2.45) is 51.2 Å². The van der Waals surface area contributed by atoms with Crippen LogP contribution in [-0.2, 0) is 9.47 Å². The van der Waals surface area contributed by atoms with Crippen LogP contribution >= 0.6 is 0 Å². The molecule has 6 heteroatoms. The van der Waals surface area contributed by atoms with Crippen LogP contribution in [0, 0.1) is 51.2 Å². The summed E-state index contributed by atoms with van der Waals surface area (Å²) < 4.78 is 11.9. The molecule has 266 valence electrons. The van der Waals surface area contributed by atoms with E-state index in [1.165, 1.54) is 70.6 Å². The molecule has 0 radical (unpaired) electrons. The Bertz CT molecular complexity index is 998. The summed E-state index contributed by atoms with van der Waals surface area (Å²) >= 11 is 0. The number of carbonyl (C=O) groups is 2. The predicted octanol–water partition coefficient (Wildman–Crippen LogP) is 10.7. The molecule has 0 aliphatic heterocycles. The maximum Gasteiger partial charge on any atom is 0.407 e. The summed E-state index contributed by atoms with van der Waals surface area (Å²) in [5.74, 6) is 4.03. The van der Waals surface area contributed by atoms with Crippen molar-refractivity contribution in [3.05, 3.63) is 0 Å². The van der Waals surface area contributed by atoms with Crippen LogP contribution in [0.25, 0.3) is 0 Å². The van der Waals surface area contributed by atoms with Crippen LogP contribution in [0.4, 0.5) is 9.59 Å². The number of amides is 2. The second-order valence-corrected chi connectivity index (χ2v) is 18.4. The zero-order chi connectivity index (χ0) is 33.6. The SMILES string of the molecule is CCCCCCCCNC(=O)OCC1(C)CCC(C)(C)C(NC(=O)OCC2(C)CCCC3(C)C4CCC(C(C)C)CC4CCC23)C1. The smallest absolute Gasteiger partial charge is 0.407 e. The van der Waals surface area contributed by atoms with Gasteiger partial charge in [-0.3, -0.25) is 0 Å². The van der Waals surface area contributed by atoms with E-state index in [1.807, 2.05) is 0 Å². The molecule has 6 nitrogen and oxygen atoms in total. The number of unbranched alkanes of at least 4 members (excludes halogenated alkanes) is 5. The van der Waals surface area contributed by atoms with Crippen molar-refractivity contribution >= 4 is 12.2 Å². The molecule has 0 aromatic carbocycles. The lowest BCUT2D eigenvalue weighted by Crippen LogP contribution is -2.56. The molecule has 4 aliphatic rings. The van der Waals surface area contributed by atoms with E-state index in [0.717, 1.165) is 62.2 Å². The number of rotatable bonds is 13. The maximum atomic E-state index is 13.4. The number of hydrogen-bond acceptors (Lipinski definition) is 4. The van der Waals surface area contributed by atoms with Gasteiger partial charge in [-0.05, 0) is 111 Å². The molecule has 4 saturated carbocycles. The lowest BCUT2D eigenvalue weighted by molar-refractivity contribution is -0.136. The molecule has 2 amide bonds. The van der Waals surface area contributed by atoms with Crippen molar-refractivity contribution in [2.45, 2.75) is 171 Å². The van der Waals surface area contributed by atoms with Gasteiger partial charge in [-0.25, -0.2) is 9.59 Å². The lowest BCUT2D eigenvalue weighted by atomic mass is 9.44. The van der Waals surface area contributed by atoms with Crippen LogP contribution in [0.5, 0.6) is 0 Å². The first kappa shape index (κ1) is 37.4. The van der Waals surface area contributed by atoms with E-state index in [4.69, 9.17) is 9.47 Å². The Kier molecular flexibility index (Phi) is 12.9. The van der Waals surface area contributed by atoms with Gasteiger partial charge in [-0.2, -0.15) is 0 Å². The van der Waals surface area contributed by atoms with E-state index in [9.17, 15) is 9.59 Å². The molecule has 0 heterocycles. The topological polar surface area (TPSA) is 76.7 Å². The van der Waals surface area contributed by atoms with Gasteiger partial charge in [0.15, 0.2) is 0 Å². The van der Waals surface area contributed by atoms with Gasteiger partial charge in [0.1, 0.15) is 0 Å². The van der Waals surface area contributed by atoms with Crippen molar-refractivity contribution in [1.29, 1.82) is 0 Å². The fraction of sp³-hybridized carbons (Fsp3) is 0.950. The minimum atomic E-state index is -0.321. The van der Waals surface area contributed by atoms with Gasteiger partial charge in [0, 0.05) is 23.4 Å². The number of carbonyl (C=O) groups excluding carboxylic acids is 2. The summed E-state index contributed by atoms with van der Waals surface area (Å²) in [6, 6.07) is -0.0236. The average Bonchev–Trinajstić information content (AvgIpc) is 3.00. The standard InChI is InChI=1S/C40H72N2O4/c1-9-10-11-12-13-14-24-41-35(43)45-27-38(6)23-22-37(4,5)34(26-38)42-36(44)46-28-39(7)20-15-21-40(8)32-18-16-30(29(2)3)25-31(32)17-19-33(39)40/h29-34H,9-28H2,1-8H3,(H,41,43)(H,42,44). The number of hydrogen-bond donors (Lipinski definition) is 2. The Balaban J connectivity index is 1.26. The van der Waals surface area contributed by atoms with E-state index in [1.54, 1.807) is 0 Å². The molecule has 4 aliphatic carbocycles. The summed E-state index contributed by atoms with van der Waals surface area (Å²) in [5, 5.41) is 6.23. The predicted molar refractivity (Wildman–Crippen MR) is 189 cm³/mol. The molecule has 0 bridgehead atoms. The van der Waals surface area contributed by atoms with Gasteiger partial charge < -0.3 is 20.1 Å². The molecule has 4 rings (SSSR count). The van der Waals surface area contributed by atoms with Crippen molar-refractivity contribution in [3.63, 3.8) is 0 Å². The largest absolute Gasteiger partial charge is 0.449 e.